The quantitative estimate of drug-likeness (QED) is 0.830. The van der Waals surface area contributed by atoms with Crippen LogP contribution in [0.15, 0.2) is 18.2 Å². The Hall–Kier alpha value is -1.91. The van der Waals surface area contributed by atoms with E-state index < -0.39 is 0 Å². The lowest BCUT2D eigenvalue weighted by molar-refractivity contribution is -0.129. The van der Waals surface area contributed by atoms with Crippen molar-refractivity contribution in [3.05, 3.63) is 18.2 Å². The van der Waals surface area contributed by atoms with Crippen LogP contribution in [-0.2, 0) is 4.79 Å². The van der Waals surface area contributed by atoms with Gasteiger partial charge in [-0.25, -0.2) is 0 Å². The molecule has 5 heteroatoms. The second-order valence-corrected chi connectivity index (χ2v) is 4.83. The summed E-state index contributed by atoms with van der Waals surface area (Å²) in [5.74, 6) is 1.56. The summed E-state index contributed by atoms with van der Waals surface area (Å²) < 4.78 is 10.5. The summed E-state index contributed by atoms with van der Waals surface area (Å²) in [6.45, 7) is 3.05. The topological polar surface area (TPSA) is 50.8 Å². The molecule has 0 unspecified atom stereocenters. The van der Waals surface area contributed by atoms with E-state index in [-0.39, 0.29) is 12.5 Å². The van der Waals surface area contributed by atoms with Gasteiger partial charge in [-0.2, -0.15) is 0 Å². The lowest BCUT2D eigenvalue weighted by Gasteiger charge is -2.21. The SMILES string of the molecule is CCN(C(=O)CNc1cc(OC)ccc1OC)C1CC1. The van der Waals surface area contributed by atoms with Crippen molar-refractivity contribution in [3.63, 3.8) is 0 Å². The molecule has 0 radical (unpaired) electrons. The smallest absolute Gasteiger partial charge is 0.242 e. The number of hydrogen-bond donors (Lipinski definition) is 1. The molecule has 0 heterocycles. The number of nitrogens with one attached hydrogen (secondary N) is 1. The minimum absolute atomic E-state index is 0.125. The van der Waals surface area contributed by atoms with Gasteiger partial charge >= 0.3 is 0 Å². The molecule has 0 bridgehead atoms. The maximum atomic E-state index is 12.2. The van der Waals surface area contributed by atoms with Crippen LogP contribution in [-0.4, -0.2) is 44.2 Å². The van der Waals surface area contributed by atoms with Crippen LogP contribution in [0, 0.1) is 0 Å². The van der Waals surface area contributed by atoms with Crippen molar-refractivity contribution in [1.29, 1.82) is 0 Å². The third kappa shape index (κ3) is 3.35. The number of rotatable bonds is 7. The molecule has 1 saturated carbocycles. The van der Waals surface area contributed by atoms with Crippen molar-refractivity contribution in [1.82, 2.24) is 4.90 Å². The maximum Gasteiger partial charge on any atom is 0.242 e. The van der Waals surface area contributed by atoms with Crippen LogP contribution in [0.5, 0.6) is 11.5 Å². The number of anilines is 1. The standard InChI is InChI=1S/C15H22N2O3/c1-4-17(11-5-6-11)15(18)10-16-13-9-12(19-2)7-8-14(13)20-3/h7-9,11,16H,4-6,10H2,1-3H3. The summed E-state index contributed by atoms with van der Waals surface area (Å²) in [5.41, 5.74) is 0.770. The minimum atomic E-state index is 0.125. The molecule has 1 fully saturated rings. The van der Waals surface area contributed by atoms with Gasteiger partial charge in [-0.05, 0) is 31.9 Å². The second-order valence-electron chi connectivity index (χ2n) is 4.83. The summed E-state index contributed by atoms with van der Waals surface area (Å²) in [7, 11) is 3.22. The molecule has 0 spiro atoms. The predicted molar refractivity (Wildman–Crippen MR) is 78.4 cm³/mol. The number of carbonyl (C=O) groups is 1. The largest absolute Gasteiger partial charge is 0.497 e. The van der Waals surface area contributed by atoms with Gasteiger partial charge in [0.05, 0.1) is 26.5 Å². The molecule has 0 saturated heterocycles. The van der Waals surface area contributed by atoms with E-state index in [1.807, 2.05) is 30.0 Å². The van der Waals surface area contributed by atoms with Crippen LogP contribution < -0.4 is 14.8 Å². The second kappa shape index (κ2) is 6.50. The average molecular weight is 278 g/mol. The highest BCUT2D eigenvalue weighted by molar-refractivity contribution is 5.82. The van der Waals surface area contributed by atoms with Crippen LogP contribution >= 0.6 is 0 Å². The molecule has 110 valence electrons. The zero-order chi connectivity index (χ0) is 14.5. The van der Waals surface area contributed by atoms with Gasteiger partial charge in [0.25, 0.3) is 0 Å². The molecule has 1 aliphatic carbocycles. The van der Waals surface area contributed by atoms with Crippen molar-refractivity contribution >= 4 is 11.6 Å². The van der Waals surface area contributed by atoms with Gasteiger partial charge in [-0.3, -0.25) is 4.79 Å². The van der Waals surface area contributed by atoms with E-state index in [4.69, 9.17) is 9.47 Å². The number of ether oxygens (including phenoxy) is 2. The number of amides is 1. The van der Waals surface area contributed by atoms with Gasteiger partial charge in [0, 0.05) is 18.7 Å². The van der Waals surface area contributed by atoms with E-state index in [1.165, 1.54) is 0 Å². The van der Waals surface area contributed by atoms with E-state index in [9.17, 15) is 4.79 Å². The Bertz CT molecular complexity index is 472. The van der Waals surface area contributed by atoms with Gasteiger partial charge in [0.2, 0.25) is 5.91 Å². The monoisotopic (exact) mass is 278 g/mol. The normalized spacial score (nSPS) is 13.8. The van der Waals surface area contributed by atoms with E-state index in [0.29, 0.717) is 11.8 Å². The fourth-order valence-electron chi connectivity index (χ4n) is 2.25. The fourth-order valence-corrected chi connectivity index (χ4v) is 2.25. The van der Waals surface area contributed by atoms with Crippen molar-refractivity contribution in [3.8, 4) is 11.5 Å². The molecule has 0 aliphatic heterocycles. The molecule has 1 aromatic carbocycles. The summed E-state index contributed by atoms with van der Waals surface area (Å²) >= 11 is 0. The third-order valence-corrected chi connectivity index (χ3v) is 3.49. The third-order valence-electron chi connectivity index (χ3n) is 3.49. The molecule has 1 amide bonds. The minimum Gasteiger partial charge on any atom is -0.497 e. The predicted octanol–water partition coefficient (Wildman–Crippen LogP) is 2.13. The molecule has 0 atom stereocenters. The lowest BCUT2D eigenvalue weighted by Crippen LogP contribution is -2.37. The highest BCUT2D eigenvalue weighted by atomic mass is 16.5. The highest BCUT2D eigenvalue weighted by Crippen LogP contribution is 2.29. The first-order valence-electron chi connectivity index (χ1n) is 6.95. The average Bonchev–Trinajstić information content (AvgIpc) is 3.30. The first-order valence-corrected chi connectivity index (χ1v) is 6.95. The number of methoxy groups -OCH3 is 2. The molecule has 0 aromatic heterocycles. The summed E-state index contributed by atoms with van der Waals surface area (Å²) in [5, 5.41) is 3.14. The number of hydrogen-bond acceptors (Lipinski definition) is 4. The summed E-state index contributed by atoms with van der Waals surface area (Å²) in [6, 6.07) is 5.93. The maximum absolute atomic E-state index is 12.2. The van der Waals surface area contributed by atoms with Crippen LogP contribution in [0.3, 0.4) is 0 Å². The lowest BCUT2D eigenvalue weighted by atomic mass is 10.2. The van der Waals surface area contributed by atoms with Crippen LogP contribution in [0.2, 0.25) is 0 Å². The van der Waals surface area contributed by atoms with Gasteiger partial charge in [0.1, 0.15) is 11.5 Å². The molecule has 20 heavy (non-hydrogen) atoms. The number of nitrogens with zero attached hydrogens (tertiary/aromatic N) is 1. The number of carbonyl (C=O) groups excluding carboxylic acids is 1. The summed E-state index contributed by atoms with van der Waals surface area (Å²) in [4.78, 5) is 14.1. The molecular formula is C15H22N2O3. The first-order chi connectivity index (χ1) is 9.69. The highest BCUT2D eigenvalue weighted by Gasteiger charge is 2.31. The van der Waals surface area contributed by atoms with E-state index >= 15 is 0 Å². The molecule has 1 aromatic rings. The van der Waals surface area contributed by atoms with Crippen LogP contribution in [0.1, 0.15) is 19.8 Å². The molecule has 1 N–H and O–H groups in total. The van der Waals surface area contributed by atoms with Crippen LogP contribution in [0.4, 0.5) is 5.69 Å². The van der Waals surface area contributed by atoms with Gasteiger partial charge < -0.3 is 19.7 Å². The molecule has 1 aliphatic rings. The summed E-state index contributed by atoms with van der Waals surface area (Å²) in [6.07, 6.45) is 2.25. The Morgan fingerprint density at radius 1 is 1.35 bits per heavy atom. The first kappa shape index (κ1) is 14.5. The van der Waals surface area contributed by atoms with Crippen molar-refractivity contribution < 1.29 is 14.3 Å². The van der Waals surface area contributed by atoms with Crippen molar-refractivity contribution in [2.75, 3.05) is 32.6 Å². The molecule has 2 rings (SSSR count). The Kier molecular flexibility index (Phi) is 4.71. The van der Waals surface area contributed by atoms with E-state index in [2.05, 4.69) is 5.32 Å². The van der Waals surface area contributed by atoms with Crippen LogP contribution in [0.25, 0.3) is 0 Å². The zero-order valence-electron chi connectivity index (χ0n) is 12.3. The number of benzene rings is 1. The molecule has 5 nitrogen and oxygen atoms in total. The Labute approximate surface area is 119 Å². The van der Waals surface area contributed by atoms with Crippen molar-refractivity contribution in [2.45, 2.75) is 25.8 Å². The van der Waals surface area contributed by atoms with Gasteiger partial charge in [-0.1, -0.05) is 0 Å². The van der Waals surface area contributed by atoms with E-state index in [1.54, 1.807) is 14.2 Å². The van der Waals surface area contributed by atoms with Crippen molar-refractivity contribution in [2.24, 2.45) is 0 Å². The van der Waals surface area contributed by atoms with Gasteiger partial charge in [0.15, 0.2) is 0 Å². The Morgan fingerprint density at radius 2 is 2.10 bits per heavy atom. The molecular weight excluding hydrogens is 256 g/mol. The van der Waals surface area contributed by atoms with E-state index in [0.717, 1.165) is 30.8 Å². The van der Waals surface area contributed by atoms with Gasteiger partial charge in [-0.15, -0.1) is 0 Å². The zero-order valence-corrected chi connectivity index (χ0v) is 12.3. The fraction of sp³-hybridized carbons (Fsp3) is 0.533. The Balaban J connectivity index is 2.00. The Morgan fingerprint density at radius 3 is 2.65 bits per heavy atom. The number of likely N-dealkylation sites (N-methyl/N-ethyl adjacent to an activating group) is 1.